The van der Waals surface area contributed by atoms with Crippen molar-refractivity contribution >= 4 is 12.1 Å². The van der Waals surface area contributed by atoms with Crippen LogP contribution in [0, 0.1) is 13.8 Å². The van der Waals surface area contributed by atoms with E-state index in [-0.39, 0.29) is 12.2 Å². The van der Waals surface area contributed by atoms with Gasteiger partial charge in [0, 0.05) is 12.2 Å². The Labute approximate surface area is 82.9 Å². The molecule has 76 valence electrons. The standard InChI is InChI=1S/C10H14N2O2/c1-4-12-8(3)10(7(2)11-12)9(14)5-6-13/h6H,4-5H2,1-3H3. The average Bonchev–Trinajstić information content (AvgIpc) is 2.41. The van der Waals surface area contributed by atoms with E-state index < -0.39 is 0 Å². The van der Waals surface area contributed by atoms with Gasteiger partial charge in [0.1, 0.15) is 6.29 Å². The Morgan fingerprint density at radius 2 is 2.14 bits per heavy atom. The largest absolute Gasteiger partial charge is 0.303 e. The molecule has 0 unspecified atom stereocenters. The van der Waals surface area contributed by atoms with Crippen molar-refractivity contribution in [2.45, 2.75) is 33.7 Å². The van der Waals surface area contributed by atoms with Crippen LogP contribution >= 0.6 is 0 Å². The minimum absolute atomic E-state index is 0.0584. The normalized spacial score (nSPS) is 10.2. The van der Waals surface area contributed by atoms with Crippen LogP contribution in [0.3, 0.4) is 0 Å². The van der Waals surface area contributed by atoms with Crippen molar-refractivity contribution in [3.63, 3.8) is 0 Å². The molecule has 0 aliphatic carbocycles. The van der Waals surface area contributed by atoms with Crippen molar-refractivity contribution in [2.24, 2.45) is 0 Å². The number of hydrogen-bond acceptors (Lipinski definition) is 3. The highest BCUT2D eigenvalue weighted by Gasteiger charge is 2.16. The Balaban J connectivity index is 3.13. The van der Waals surface area contributed by atoms with Gasteiger partial charge in [0.2, 0.25) is 0 Å². The molecule has 1 rings (SSSR count). The lowest BCUT2D eigenvalue weighted by atomic mass is 10.1. The zero-order valence-corrected chi connectivity index (χ0v) is 8.70. The molecule has 0 saturated heterocycles. The number of aryl methyl sites for hydroxylation is 2. The summed E-state index contributed by atoms with van der Waals surface area (Å²) in [6.07, 6.45) is 0.571. The van der Waals surface area contributed by atoms with Crippen molar-refractivity contribution in [2.75, 3.05) is 0 Å². The molecule has 0 spiro atoms. The number of aldehydes is 1. The topological polar surface area (TPSA) is 52.0 Å². The van der Waals surface area contributed by atoms with E-state index in [1.807, 2.05) is 13.8 Å². The molecule has 0 N–H and O–H groups in total. The van der Waals surface area contributed by atoms with Gasteiger partial charge in [-0.25, -0.2) is 0 Å². The van der Waals surface area contributed by atoms with Crippen LogP contribution in [0.2, 0.25) is 0 Å². The molecule has 4 heteroatoms. The molecule has 1 aromatic heterocycles. The zero-order chi connectivity index (χ0) is 10.7. The van der Waals surface area contributed by atoms with Crippen molar-refractivity contribution in [1.29, 1.82) is 0 Å². The Hall–Kier alpha value is -1.45. The lowest BCUT2D eigenvalue weighted by Crippen LogP contribution is -2.04. The van der Waals surface area contributed by atoms with E-state index in [0.717, 1.165) is 12.2 Å². The Morgan fingerprint density at radius 1 is 1.50 bits per heavy atom. The third-order valence-electron chi connectivity index (χ3n) is 2.23. The Bertz CT molecular complexity index is 366. The van der Waals surface area contributed by atoms with Crippen LogP contribution in [-0.4, -0.2) is 21.8 Å². The molecule has 4 nitrogen and oxygen atoms in total. The van der Waals surface area contributed by atoms with Gasteiger partial charge < -0.3 is 4.79 Å². The lowest BCUT2D eigenvalue weighted by molar-refractivity contribution is -0.107. The van der Waals surface area contributed by atoms with Gasteiger partial charge in [-0.1, -0.05) is 0 Å². The van der Waals surface area contributed by atoms with Crippen molar-refractivity contribution in [3.05, 3.63) is 17.0 Å². The summed E-state index contributed by atoms with van der Waals surface area (Å²) in [4.78, 5) is 21.8. The number of nitrogens with zero attached hydrogens (tertiary/aromatic N) is 2. The second-order valence-corrected chi connectivity index (χ2v) is 3.16. The van der Waals surface area contributed by atoms with Gasteiger partial charge in [0.05, 0.1) is 17.7 Å². The highest BCUT2D eigenvalue weighted by atomic mass is 16.1. The predicted molar refractivity (Wildman–Crippen MR) is 52.4 cm³/mol. The van der Waals surface area contributed by atoms with Crippen LogP contribution in [0.25, 0.3) is 0 Å². The van der Waals surface area contributed by atoms with Crippen molar-refractivity contribution in [1.82, 2.24) is 9.78 Å². The summed E-state index contributed by atoms with van der Waals surface area (Å²) >= 11 is 0. The van der Waals surface area contributed by atoms with E-state index in [1.54, 1.807) is 11.6 Å². The zero-order valence-electron chi connectivity index (χ0n) is 8.70. The summed E-state index contributed by atoms with van der Waals surface area (Å²) < 4.78 is 1.77. The molecule has 1 aromatic rings. The maximum absolute atomic E-state index is 11.5. The summed E-state index contributed by atoms with van der Waals surface area (Å²) in [5.74, 6) is -0.144. The average molecular weight is 194 g/mol. The second kappa shape index (κ2) is 4.17. The van der Waals surface area contributed by atoms with Gasteiger partial charge in [-0.05, 0) is 20.8 Å². The smallest absolute Gasteiger partial charge is 0.173 e. The number of carbonyl (C=O) groups excluding carboxylic acids is 2. The quantitative estimate of drug-likeness (QED) is 0.412. The molecule has 0 atom stereocenters. The van der Waals surface area contributed by atoms with Crippen LogP contribution in [-0.2, 0) is 11.3 Å². The van der Waals surface area contributed by atoms with Crippen LogP contribution < -0.4 is 0 Å². The number of hydrogen-bond donors (Lipinski definition) is 0. The molecule has 0 bridgehead atoms. The lowest BCUT2D eigenvalue weighted by Gasteiger charge is -1.99. The molecule has 0 aliphatic heterocycles. The second-order valence-electron chi connectivity index (χ2n) is 3.16. The summed E-state index contributed by atoms with van der Waals surface area (Å²) in [5.41, 5.74) is 2.15. The monoisotopic (exact) mass is 194 g/mol. The fourth-order valence-electron chi connectivity index (χ4n) is 1.59. The van der Waals surface area contributed by atoms with Gasteiger partial charge in [-0.2, -0.15) is 5.10 Å². The van der Waals surface area contributed by atoms with E-state index in [2.05, 4.69) is 5.10 Å². The predicted octanol–water partition coefficient (Wildman–Crippen LogP) is 1.29. The minimum Gasteiger partial charge on any atom is -0.303 e. The molecule has 0 radical (unpaired) electrons. The number of ketones is 1. The SMILES string of the molecule is CCn1nc(C)c(C(=O)CC=O)c1C. The van der Waals surface area contributed by atoms with Gasteiger partial charge >= 0.3 is 0 Å². The fourth-order valence-corrected chi connectivity index (χ4v) is 1.59. The molecule has 0 aliphatic rings. The first-order valence-corrected chi connectivity index (χ1v) is 4.62. The van der Waals surface area contributed by atoms with Crippen molar-refractivity contribution < 1.29 is 9.59 Å². The van der Waals surface area contributed by atoms with Crippen LogP contribution in [0.5, 0.6) is 0 Å². The van der Waals surface area contributed by atoms with E-state index in [0.29, 0.717) is 17.5 Å². The molecule has 0 amide bonds. The number of Topliss-reactive ketones (excluding diaryl/α,β-unsaturated/α-hetero) is 1. The maximum atomic E-state index is 11.5. The van der Waals surface area contributed by atoms with Crippen molar-refractivity contribution in [3.8, 4) is 0 Å². The summed E-state index contributed by atoms with van der Waals surface area (Å²) in [6, 6.07) is 0. The highest BCUT2D eigenvalue weighted by molar-refractivity contribution is 6.04. The van der Waals surface area contributed by atoms with Gasteiger partial charge in [0.15, 0.2) is 5.78 Å². The van der Waals surface area contributed by atoms with Crippen LogP contribution in [0.4, 0.5) is 0 Å². The molecular weight excluding hydrogens is 180 g/mol. The third-order valence-corrected chi connectivity index (χ3v) is 2.23. The first-order valence-electron chi connectivity index (χ1n) is 4.62. The molecule has 0 saturated carbocycles. The number of rotatable bonds is 4. The summed E-state index contributed by atoms with van der Waals surface area (Å²) in [6.45, 7) is 6.34. The Kier molecular flexibility index (Phi) is 3.17. The first-order chi connectivity index (χ1) is 6.61. The van der Waals surface area contributed by atoms with Crippen LogP contribution in [0.1, 0.15) is 35.1 Å². The fraction of sp³-hybridized carbons (Fsp3) is 0.500. The first kappa shape index (κ1) is 10.6. The van der Waals surface area contributed by atoms with Gasteiger partial charge in [-0.15, -0.1) is 0 Å². The van der Waals surface area contributed by atoms with Gasteiger partial charge in [-0.3, -0.25) is 9.48 Å². The summed E-state index contributed by atoms with van der Waals surface area (Å²) in [5, 5.41) is 4.21. The number of carbonyl (C=O) groups is 2. The van der Waals surface area contributed by atoms with Gasteiger partial charge in [0.25, 0.3) is 0 Å². The molecule has 14 heavy (non-hydrogen) atoms. The number of aromatic nitrogens is 2. The minimum atomic E-state index is -0.144. The highest BCUT2D eigenvalue weighted by Crippen LogP contribution is 2.14. The van der Waals surface area contributed by atoms with E-state index in [4.69, 9.17) is 0 Å². The molecule has 0 fully saturated rings. The molecule has 1 heterocycles. The molecular formula is C10H14N2O2. The van der Waals surface area contributed by atoms with Crippen LogP contribution in [0.15, 0.2) is 0 Å². The molecule has 0 aromatic carbocycles. The van der Waals surface area contributed by atoms with E-state index in [9.17, 15) is 9.59 Å². The van der Waals surface area contributed by atoms with E-state index >= 15 is 0 Å². The van der Waals surface area contributed by atoms with E-state index in [1.165, 1.54) is 0 Å². The summed E-state index contributed by atoms with van der Waals surface area (Å²) in [7, 11) is 0. The Morgan fingerprint density at radius 3 is 2.57 bits per heavy atom. The maximum Gasteiger partial charge on any atom is 0.173 e. The third kappa shape index (κ3) is 1.73.